The van der Waals surface area contributed by atoms with Crippen LogP contribution in [0.15, 0.2) is 23.1 Å². The third-order valence-electron chi connectivity index (χ3n) is 4.01. The molecule has 0 aromatic heterocycles. The Morgan fingerprint density at radius 3 is 2.65 bits per heavy atom. The third kappa shape index (κ3) is 4.91. The molecule has 1 aromatic rings. The predicted molar refractivity (Wildman–Crippen MR) is 93.5 cm³/mol. The van der Waals surface area contributed by atoms with Crippen LogP contribution in [0.2, 0.25) is 0 Å². The Kier molecular flexibility index (Phi) is 7.01. The number of sulfonamides is 1. The fourth-order valence-corrected chi connectivity index (χ4v) is 3.69. The number of carbonyl (C=O) groups is 1. The molecule has 3 N–H and O–H groups in total. The summed E-state index contributed by atoms with van der Waals surface area (Å²) in [7, 11) is -2.16. The zero-order chi connectivity index (χ0) is 16.3. The first kappa shape index (κ1) is 19.9. The minimum Gasteiger partial charge on any atom is -0.326 e. The van der Waals surface area contributed by atoms with Crippen molar-refractivity contribution in [1.82, 2.24) is 10.0 Å². The van der Waals surface area contributed by atoms with Gasteiger partial charge < -0.3 is 10.6 Å². The monoisotopic (exact) mass is 361 g/mol. The normalized spacial score (nSPS) is 21.3. The van der Waals surface area contributed by atoms with Gasteiger partial charge in [-0.15, -0.1) is 12.4 Å². The van der Waals surface area contributed by atoms with Gasteiger partial charge in [-0.1, -0.05) is 6.07 Å². The molecule has 1 aromatic carbocycles. The van der Waals surface area contributed by atoms with Gasteiger partial charge in [-0.05, 0) is 58.0 Å². The maximum Gasteiger partial charge on any atom is 0.240 e. The van der Waals surface area contributed by atoms with Crippen molar-refractivity contribution in [2.75, 3.05) is 18.9 Å². The summed E-state index contributed by atoms with van der Waals surface area (Å²) < 4.78 is 26.2. The highest BCUT2D eigenvalue weighted by molar-refractivity contribution is 7.89. The Labute approximate surface area is 143 Å². The second-order valence-electron chi connectivity index (χ2n) is 5.75. The lowest BCUT2D eigenvalue weighted by Gasteiger charge is -2.27. The van der Waals surface area contributed by atoms with Crippen molar-refractivity contribution in [2.45, 2.75) is 37.6 Å². The van der Waals surface area contributed by atoms with Crippen molar-refractivity contribution >= 4 is 34.0 Å². The minimum absolute atomic E-state index is 0. The quantitative estimate of drug-likeness (QED) is 0.761. The van der Waals surface area contributed by atoms with Gasteiger partial charge >= 0.3 is 0 Å². The molecule has 130 valence electrons. The Morgan fingerprint density at radius 2 is 2.04 bits per heavy atom. The number of anilines is 1. The van der Waals surface area contributed by atoms with Gasteiger partial charge in [-0.3, -0.25) is 4.79 Å². The van der Waals surface area contributed by atoms with Crippen LogP contribution in [0.5, 0.6) is 0 Å². The van der Waals surface area contributed by atoms with Crippen LogP contribution in [-0.2, 0) is 14.8 Å². The molecule has 0 unspecified atom stereocenters. The van der Waals surface area contributed by atoms with E-state index in [-0.39, 0.29) is 29.1 Å². The maximum atomic E-state index is 12.3. The van der Waals surface area contributed by atoms with E-state index in [0.29, 0.717) is 17.3 Å². The zero-order valence-corrected chi connectivity index (χ0v) is 15.2. The summed E-state index contributed by atoms with van der Waals surface area (Å²) in [5, 5.41) is 6.14. The molecule has 0 bridgehead atoms. The average molecular weight is 362 g/mol. The standard InChI is InChI=1S/C15H23N3O3S.ClH/c1-10-4-5-13(9-14(10)22(20,21)16-3)18-15(19)12-6-7-17-11(2)8-12;/h4-5,9,11-12,16-17H,6-8H2,1-3H3,(H,18,19);1H/t11-,12-;/m0./s1. The Hall–Kier alpha value is -1.15. The molecule has 1 heterocycles. The number of amides is 1. The van der Waals surface area contributed by atoms with Gasteiger partial charge in [-0.2, -0.15) is 0 Å². The van der Waals surface area contributed by atoms with Gasteiger partial charge in [0.05, 0.1) is 4.90 Å². The summed E-state index contributed by atoms with van der Waals surface area (Å²) in [6.45, 7) is 4.61. The fraction of sp³-hybridized carbons (Fsp3) is 0.533. The number of piperidine rings is 1. The molecular weight excluding hydrogens is 338 g/mol. The summed E-state index contributed by atoms with van der Waals surface area (Å²) in [6.07, 6.45) is 1.59. The summed E-state index contributed by atoms with van der Waals surface area (Å²) in [5.41, 5.74) is 1.15. The van der Waals surface area contributed by atoms with Gasteiger partial charge in [0.2, 0.25) is 15.9 Å². The number of halogens is 1. The van der Waals surface area contributed by atoms with E-state index in [9.17, 15) is 13.2 Å². The molecule has 0 spiro atoms. The number of carbonyl (C=O) groups excluding carboxylic acids is 1. The lowest BCUT2D eigenvalue weighted by atomic mass is 9.92. The van der Waals surface area contributed by atoms with Crippen molar-refractivity contribution in [3.63, 3.8) is 0 Å². The van der Waals surface area contributed by atoms with Crippen LogP contribution < -0.4 is 15.4 Å². The molecule has 2 rings (SSSR count). The van der Waals surface area contributed by atoms with Crippen molar-refractivity contribution in [3.05, 3.63) is 23.8 Å². The van der Waals surface area contributed by atoms with E-state index in [1.165, 1.54) is 13.1 Å². The van der Waals surface area contributed by atoms with Crippen molar-refractivity contribution in [3.8, 4) is 0 Å². The summed E-state index contributed by atoms with van der Waals surface area (Å²) in [5.74, 6) is -0.0908. The average Bonchev–Trinajstić information content (AvgIpc) is 2.49. The molecule has 0 radical (unpaired) electrons. The maximum absolute atomic E-state index is 12.3. The van der Waals surface area contributed by atoms with Crippen LogP contribution in [0.3, 0.4) is 0 Å². The highest BCUT2D eigenvalue weighted by Crippen LogP contribution is 2.22. The Bertz CT molecular complexity index is 664. The van der Waals surface area contributed by atoms with E-state index < -0.39 is 10.0 Å². The van der Waals surface area contributed by atoms with Crippen LogP contribution in [0.25, 0.3) is 0 Å². The first-order valence-corrected chi connectivity index (χ1v) is 8.90. The lowest BCUT2D eigenvalue weighted by Crippen LogP contribution is -2.40. The predicted octanol–water partition coefficient (Wildman–Crippen LogP) is 1.65. The van der Waals surface area contributed by atoms with E-state index in [2.05, 4.69) is 22.3 Å². The smallest absolute Gasteiger partial charge is 0.240 e. The number of hydrogen-bond donors (Lipinski definition) is 3. The number of benzene rings is 1. The molecule has 1 saturated heterocycles. The van der Waals surface area contributed by atoms with Crippen LogP contribution in [0.1, 0.15) is 25.3 Å². The topological polar surface area (TPSA) is 87.3 Å². The van der Waals surface area contributed by atoms with Gasteiger partial charge in [0.15, 0.2) is 0 Å². The van der Waals surface area contributed by atoms with Crippen molar-refractivity contribution in [2.24, 2.45) is 5.92 Å². The fourth-order valence-electron chi connectivity index (χ4n) is 2.69. The van der Waals surface area contributed by atoms with E-state index in [1.807, 2.05) is 0 Å². The highest BCUT2D eigenvalue weighted by Gasteiger charge is 2.25. The van der Waals surface area contributed by atoms with Crippen LogP contribution in [0.4, 0.5) is 5.69 Å². The molecule has 23 heavy (non-hydrogen) atoms. The van der Waals surface area contributed by atoms with E-state index >= 15 is 0 Å². The molecule has 1 aliphatic heterocycles. The first-order chi connectivity index (χ1) is 10.3. The third-order valence-corrected chi connectivity index (χ3v) is 5.56. The summed E-state index contributed by atoms with van der Waals surface area (Å²) >= 11 is 0. The highest BCUT2D eigenvalue weighted by atomic mass is 35.5. The first-order valence-electron chi connectivity index (χ1n) is 7.42. The molecule has 1 fully saturated rings. The van der Waals surface area contributed by atoms with Gasteiger partial charge in [0, 0.05) is 17.6 Å². The number of nitrogens with one attached hydrogen (secondary N) is 3. The molecular formula is C15H24ClN3O3S. The van der Waals surface area contributed by atoms with Gasteiger partial charge in [-0.25, -0.2) is 13.1 Å². The number of aryl methyl sites for hydroxylation is 1. The SMILES string of the molecule is CNS(=O)(=O)c1cc(NC(=O)[C@H]2CCN[C@@H](C)C2)ccc1C.Cl. The van der Waals surface area contributed by atoms with Crippen LogP contribution in [-0.4, -0.2) is 34.0 Å². The van der Waals surface area contributed by atoms with Crippen LogP contribution >= 0.6 is 12.4 Å². The lowest BCUT2D eigenvalue weighted by molar-refractivity contribution is -0.120. The second-order valence-corrected chi connectivity index (χ2v) is 7.61. The molecule has 1 amide bonds. The zero-order valence-electron chi connectivity index (χ0n) is 13.5. The van der Waals surface area contributed by atoms with Crippen LogP contribution in [0, 0.1) is 12.8 Å². The van der Waals surface area contributed by atoms with Crippen molar-refractivity contribution < 1.29 is 13.2 Å². The largest absolute Gasteiger partial charge is 0.326 e. The summed E-state index contributed by atoms with van der Waals surface area (Å²) in [4.78, 5) is 12.5. The molecule has 8 heteroatoms. The Balaban J connectivity index is 0.00000264. The molecule has 1 aliphatic rings. The summed E-state index contributed by atoms with van der Waals surface area (Å²) in [6, 6.07) is 5.25. The minimum atomic E-state index is -3.53. The van der Waals surface area contributed by atoms with Crippen molar-refractivity contribution in [1.29, 1.82) is 0 Å². The molecule has 0 saturated carbocycles. The molecule has 6 nitrogen and oxygen atoms in total. The van der Waals surface area contributed by atoms with Gasteiger partial charge in [0.25, 0.3) is 0 Å². The van der Waals surface area contributed by atoms with E-state index in [4.69, 9.17) is 0 Å². The Morgan fingerprint density at radius 1 is 1.35 bits per heavy atom. The molecule has 2 atom stereocenters. The number of hydrogen-bond acceptors (Lipinski definition) is 4. The van der Waals surface area contributed by atoms with Gasteiger partial charge in [0.1, 0.15) is 0 Å². The van der Waals surface area contributed by atoms with E-state index in [1.54, 1.807) is 19.1 Å². The number of rotatable bonds is 4. The second kappa shape index (κ2) is 8.10. The molecule has 0 aliphatic carbocycles. The van der Waals surface area contributed by atoms with E-state index in [0.717, 1.165) is 19.4 Å².